The number of hydrogen-bond donors (Lipinski definition) is 0. The van der Waals surface area contributed by atoms with Gasteiger partial charge in [-0.05, 0) is 83.5 Å². The summed E-state index contributed by atoms with van der Waals surface area (Å²) in [4.78, 5) is 38.5. The molecule has 0 bridgehead atoms. The van der Waals surface area contributed by atoms with Gasteiger partial charge in [0.05, 0.1) is 0 Å². The molecule has 0 aromatic rings. The van der Waals surface area contributed by atoms with E-state index in [9.17, 15) is 14.4 Å². The quantitative estimate of drug-likeness (QED) is 0.0261. The van der Waals surface area contributed by atoms with Crippen LogP contribution >= 0.6 is 0 Å². The zero-order valence-electron chi connectivity index (χ0n) is 55.0. The summed E-state index contributed by atoms with van der Waals surface area (Å²) < 4.78 is 17.0. The molecule has 82 heavy (non-hydrogen) atoms. The van der Waals surface area contributed by atoms with Crippen LogP contribution < -0.4 is 0 Å². The van der Waals surface area contributed by atoms with Crippen LogP contribution in [0.15, 0.2) is 60.8 Å². The van der Waals surface area contributed by atoms with Crippen LogP contribution in [-0.4, -0.2) is 37.2 Å². The zero-order valence-corrected chi connectivity index (χ0v) is 55.0. The smallest absolute Gasteiger partial charge is 0.306 e. The maximum absolute atomic E-state index is 13.0. The highest BCUT2D eigenvalue weighted by molar-refractivity contribution is 5.71. The molecule has 6 nitrogen and oxygen atoms in total. The Balaban J connectivity index is 4.30. The molecule has 1 atom stereocenters. The molecular weight excluding hydrogens is 1010 g/mol. The largest absolute Gasteiger partial charge is 0.462 e. The Morgan fingerprint density at radius 2 is 0.476 bits per heavy atom. The van der Waals surface area contributed by atoms with Gasteiger partial charge in [0.2, 0.25) is 0 Å². The van der Waals surface area contributed by atoms with Gasteiger partial charge in [0.25, 0.3) is 0 Å². The van der Waals surface area contributed by atoms with Crippen LogP contribution in [0.4, 0.5) is 0 Å². The van der Waals surface area contributed by atoms with Gasteiger partial charge in [-0.1, -0.05) is 345 Å². The van der Waals surface area contributed by atoms with E-state index in [0.717, 1.165) is 89.9 Å². The number of esters is 3. The van der Waals surface area contributed by atoms with E-state index in [2.05, 4.69) is 81.5 Å². The van der Waals surface area contributed by atoms with Crippen LogP contribution in [0, 0.1) is 0 Å². The fourth-order valence-electron chi connectivity index (χ4n) is 10.8. The van der Waals surface area contributed by atoms with Gasteiger partial charge in [-0.15, -0.1) is 0 Å². The summed E-state index contributed by atoms with van der Waals surface area (Å²) in [7, 11) is 0. The maximum atomic E-state index is 13.0. The van der Waals surface area contributed by atoms with Gasteiger partial charge in [0.15, 0.2) is 6.10 Å². The molecule has 0 spiro atoms. The molecular formula is C76H138O6. The lowest BCUT2D eigenvalue weighted by Crippen LogP contribution is -2.30. The molecule has 0 aromatic carbocycles. The van der Waals surface area contributed by atoms with Crippen molar-refractivity contribution >= 4 is 17.9 Å². The molecule has 0 rings (SSSR count). The number of rotatable bonds is 67. The molecule has 0 saturated carbocycles. The average molecular weight is 1150 g/mol. The van der Waals surface area contributed by atoms with Gasteiger partial charge in [0.1, 0.15) is 13.2 Å². The molecule has 6 heteroatoms. The summed E-state index contributed by atoms with van der Waals surface area (Å²) >= 11 is 0. The first-order valence-electron chi connectivity index (χ1n) is 36.3. The Labute approximate surface area is 510 Å². The predicted molar refractivity (Wildman–Crippen MR) is 358 cm³/mol. The number of carbonyl (C=O) groups is 3. The molecule has 0 aromatic heterocycles. The van der Waals surface area contributed by atoms with Crippen molar-refractivity contribution < 1.29 is 28.6 Å². The summed E-state index contributed by atoms with van der Waals surface area (Å²) in [5, 5.41) is 0. The van der Waals surface area contributed by atoms with Gasteiger partial charge in [-0.25, -0.2) is 0 Å². The molecule has 0 aliphatic heterocycles. The van der Waals surface area contributed by atoms with Crippen LogP contribution in [0.3, 0.4) is 0 Å². The first kappa shape index (κ1) is 79.1. The second-order valence-electron chi connectivity index (χ2n) is 24.5. The van der Waals surface area contributed by atoms with Crippen molar-refractivity contribution in [3.05, 3.63) is 60.8 Å². The van der Waals surface area contributed by atoms with E-state index in [1.54, 1.807) is 0 Å². The standard InChI is InChI=1S/C76H138O6/c1-4-7-10-13-16-19-22-25-28-31-33-35-37-38-40-41-43-45-48-51-54-57-60-63-66-69-75(78)81-72-73(71-80-74(77)68-65-62-59-56-53-50-47-30-27-24-21-18-15-12-9-6-3)82-76(79)70-67-64-61-58-55-52-49-46-44-42-39-36-34-32-29-26-23-20-17-14-11-8-5-2/h7,10,16,19,25,28,30,33,35,47,73H,4-6,8-9,11-15,17-18,20-24,26-27,29,31-32,34,36-46,48-72H2,1-3H3/b10-7-,19-16-,28-25-,35-33-,47-30-. The Morgan fingerprint density at radius 1 is 0.256 bits per heavy atom. The summed E-state index contributed by atoms with van der Waals surface area (Å²) in [6.45, 7) is 6.59. The van der Waals surface area contributed by atoms with Gasteiger partial charge >= 0.3 is 17.9 Å². The first-order valence-corrected chi connectivity index (χ1v) is 36.3. The van der Waals surface area contributed by atoms with Crippen LogP contribution in [0.1, 0.15) is 387 Å². The maximum Gasteiger partial charge on any atom is 0.306 e. The number of allylic oxidation sites excluding steroid dienone is 10. The highest BCUT2D eigenvalue weighted by Gasteiger charge is 2.19. The van der Waals surface area contributed by atoms with Gasteiger partial charge < -0.3 is 14.2 Å². The summed E-state index contributed by atoms with van der Waals surface area (Å²) in [5.74, 6) is -0.856. The van der Waals surface area contributed by atoms with Crippen LogP contribution in [0.25, 0.3) is 0 Å². The molecule has 478 valence electrons. The van der Waals surface area contributed by atoms with Gasteiger partial charge in [-0.3, -0.25) is 14.4 Å². The van der Waals surface area contributed by atoms with Gasteiger partial charge in [-0.2, -0.15) is 0 Å². The molecule has 0 aliphatic carbocycles. The van der Waals surface area contributed by atoms with Crippen molar-refractivity contribution in [1.82, 2.24) is 0 Å². The Hall–Kier alpha value is -2.89. The lowest BCUT2D eigenvalue weighted by Gasteiger charge is -2.18. The molecule has 0 heterocycles. The predicted octanol–water partition coefficient (Wildman–Crippen LogP) is 25.1. The van der Waals surface area contributed by atoms with E-state index in [4.69, 9.17) is 14.2 Å². The van der Waals surface area contributed by atoms with Crippen LogP contribution in [0.5, 0.6) is 0 Å². The topological polar surface area (TPSA) is 78.9 Å². The molecule has 0 fully saturated rings. The van der Waals surface area contributed by atoms with Crippen molar-refractivity contribution in [3.63, 3.8) is 0 Å². The van der Waals surface area contributed by atoms with Crippen molar-refractivity contribution in [2.75, 3.05) is 13.2 Å². The minimum absolute atomic E-state index is 0.0734. The Morgan fingerprint density at radius 3 is 0.756 bits per heavy atom. The summed E-state index contributed by atoms with van der Waals surface area (Å²) in [6, 6.07) is 0. The van der Waals surface area contributed by atoms with E-state index in [1.165, 1.54) is 257 Å². The van der Waals surface area contributed by atoms with Crippen molar-refractivity contribution in [2.45, 2.75) is 393 Å². The third-order valence-corrected chi connectivity index (χ3v) is 16.3. The number of carbonyl (C=O) groups excluding carboxylic acids is 3. The SMILES string of the molecule is CC/C=C\C/C=C\C/C=C\C/C=C\CCCCCCCCCCCCCCC(=O)OCC(COC(=O)CCCCCCC/C=C\CCCCCCCCC)OC(=O)CCCCCCCCCCCCCCCCCCCCCCCCC. The highest BCUT2D eigenvalue weighted by Crippen LogP contribution is 2.18. The molecule has 0 aliphatic rings. The third kappa shape index (κ3) is 67.9. The average Bonchev–Trinajstić information content (AvgIpc) is 3.47. The van der Waals surface area contributed by atoms with Crippen molar-refractivity contribution in [1.29, 1.82) is 0 Å². The summed E-state index contributed by atoms with van der Waals surface area (Å²) in [5.41, 5.74) is 0. The molecule has 0 radical (unpaired) electrons. The number of unbranched alkanes of at least 4 members (excludes halogenated alkanes) is 46. The fraction of sp³-hybridized carbons (Fsp3) is 0.829. The van der Waals surface area contributed by atoms with E-state index in [0.29, 0.717) is 19.3 Å². The summed E-state index contributed by atoms with van der Waals surface area (Å²) in [6.07, 6.45) is 91.1. The lowest BCUT2D eigenvalue weighted by atomic mass is 10.0. The highest BCUT2D eigenvalue weighted by atomic mass is 16.6. The molecule has 0 N–H and O–H groups in total. The first-order chi connectivity index (χ1) is 40.5. The monoisotopic (exact) mass is 1150 g/mol. The third-order valence-electron chi connectivity index (χ3n) is 16.3. The van der Waals surface area contributed by atoms with Crippen molar-refractivity contribution in [2.24, 2.45) is 0 Å². The number of ether oxygens (including phenoxy) is 3. The van der Waals surface area contributed by atoms with E-state index in [1.807, 2.05) is 0 Å². The zero-order chi connectivity index (χ0) is 59.2. The number of hydrogen-bond acceptors (Lipinski definition) is 6. The minimum atomic E-state index is -0.778. The van der Waals surface area contributed by atoms with Crippen LogP contribution in [0.2, 0.25) is 0 Å². The second-order valence-corrected chi connectivity index (χ2v) is 24.5. The molecule has 0 saturated heterocycles. The minimum Gasteiger partial charge on any atom is -0.462 e. The van der Waals surface area contributed by atoms with Crippen molar-refractivity contribution in [3.8, 4) is 0 Å². The van der Waals surface area contributed by atoms with Gasteiger partial charge in [0, 0.05) is 19.3 Å². The Kier molecular flexibility index (Phi) is 68.1. The van der Waals surface area contributed by atoms with E-state index >= 15 is 0 Å². The Bertz CT molecular complexity index is 1460. The second kappa shape index (κ2) is 70.6. The molecule has 0 amide bonds. The normalized spacial score (nSPS) is 12.4. The lowest BCUT2D eigenvalue weighted by molar-refractivity contribution is -0.167. The fourth-order valence-corrected chi connectivity index (χ4v) is 10.8. The van der Waals surface area contributed by atoms with Crippen LogP contribution in [-0.2, 0) is 28.6 Å². The van der Waals surface area contributed by atoms with E-state index in [-0.39, 0.29) is 31.1 Å². The van der Waals surface area contributed by atoms with E-state index < -0.39 is 6.10 Å². The molecule has 1 unspecified atom stereocenters.